The summed E-state index contributed by atoms with van der Waals surface area (Å²) in [6.45, 7) is 5.58. The van der Waals surface area contributed by atoms with Crippen molar-refractivity contribution in [2.75, 3.05) is 19.6 Å². The topological polar surface area (TPSA) is 84.1 Å². The third-order valence-corrected chi connectivity index (χ3v) is 3.65. The molecule has 7 heteroatoms. The molecule has 1 atom stereocenters. The molecule has 1 unspecified atom stereocenters. The van der Waals surface area contributed by atoms with E-state index in [4.69, 9.17) is 5.11 Å². The van der Waals surface area contributed by atoms with Gasteiger partial charge in [0.2, 0.25) is 0 Å². The zero-order valence-electron chi connectivity index (χ0n) is 11.3. The second-order valence-corrected chi connectivity index (χ2v) is 5.14. The number of nitrogens with zero attached hydrogens (tertiary/aromatic N) is 5. The molecule has 0 spiro atoms. The van der Waals surface area contributed by atoms with Crippen LogP contribution in [-0.4, -0.2) is 55.8 Å². The highest BCUT2D eigenvalue weighted by molar-refractivity contribution is 5.69. The van der Waals surface area contributed by atoms with E-state index in [9.17, 15) is 4.79 Å². The molecule has 19 heavy (non-hydrogen) atoms. The van der Waals surface area contributed by atoms with Gasteiger partial charge >= 0.3 is 5.97 Å². The molecule has 0 bridgehead atoms. The van der Waals surface area contributed by atoms with Crippen LogP contribution < -0.4 is 0 Å². The maximum atomic E-state index is 10.8. The van der Waals surface area contributed by atoms with Crippen LogP contribution in [0, 0.1) is 5.92 Å². The van der Waals surface area contributed by atoms with Gasteiger partial charge in [-0.1, -0.05) is 6.92 Å². The molecule has 1 aliphatic heterocycles. The van der Waals surface area contributed by atoms with Gasteiger partial charge in [0.1, 0.15) is 0 Å². The number of aryl methyl sites for hydroxylation is 1. The lowest BCUT2D eigenvalue weighted by molar-refractivity contribution is -0.141. The lowest BCUT2D eigenvalue weighted by Crippen LogP contribution is -2.23. The van der Waals surface area contributed by atoms with Gasteiger partial charge in [-0.15, -0.1) is 5.10 Å². The number of carboxylic acids is 1. The number of aromatic nitrogens is 4. The largest absolute Gasteiger partial charge is 0.481 e. The Hall–Kier alpha value is -1.50. The molecule has 1 fully saturated rings. The van der Waals surface area contributed by atoms with Gasteiger partial charge in [0.25, 0.3) is 0 Å². The molecule has 0 saturated carbocycles. The summed E-state index contributed by atoms with van der Waals surface area (Å²) in [5.74, 6) is -0.285. The molecule has 2 heterocycles. The predicted octanol–water partition coefficient (Wildman–Crippen LogP) is 0.422. The summed E-state index contributed by atoms with van der Waals surface area (Å²) in [5.41, 5.74) is 0. The van der Waals surface area contributed by atoms with Gasteiger partial charge in [0, 0.05) is 19.5 Å². The van der Waals surface area contributed by atoms with E-state index in [0.717, 1.165) is 31.9 Å². The van der Waals surface area contributed by atoms with Crippen molar-refractivity contribution in [1.82, 2.24) is 25.1 Å². The number of tetrazole rings is 1. The third-order valence-electron chi connectivity index (χ3n) is 3.65. The Morgan fingerprint density at radius 3 is 2.79 bits per heavy atom. The zero-order valence-corrected chi connectivity index (χ0v) is 11.3. The SMILES string of the molecule is CC(CCn1nnnc1CCN1CCCC1)C(=O)O. The number of hydrogen-bond donors (Lipinski definition) is 1. The van der Waals surface area contributed by atoms with Crippen molar-refractivity contribution >= 4 is 5.97 Å². The standard InChI is InChI=1S/C12H21N5O2/c1-10(12(18)19)4-9-17-11(13-14-15-17)5-8-16-6-2-3-7-16/h10H,2-9H2,1H3,(H,18,19). The van der Waals surface area contributed by atoms with Crippen molar-refractivity contribution in [3.63, 3.8) is 0 Å². The van der Waals surface area contributed by atoms with Gasteiger partial charge in [-0.3, -0.25) is 4.79 Å². The Kier molecular flexibility index (Phi) is 4.84. The van der Waals surface area contributed by atoms with Crippen LogP contribution in [0.25, 0.3) is 0 Å². The Morgan fingerprint density at radius 2 is 2.11 bits per heavy atom. The quantitative estimate of drug-likeness (QED) is 0.771. The van der Waals surface area contributed by atoms with E-state index in [1.165, 1.54) is 12.8 Å². The minimum Gasteiger partial charge on any atom is -0.481 e. The molecule has 1 N–H and O–H groups in total. The Morgan fingerprint density at radius 1 is 1.37 bits per heavy atom. The highest BCUT2D eigenvalue weighted by atomic mass is 16.4. The van der Waals surface area contributed by atoms with Crippen molar-refractivity contribution < 1.29 is 9.90 Å². The Balaban J connectivity index is 1.81. The molecule has 1 aromatic heterocycles. The fraction of sp³-hybridized carbons (Fsp3) is 0.833. The summed E-state index contributed by atoms with van der Waals surface area (Å²) < 4.78 is 1.73. The maximum Gasteiger partial charge on any atom is 0.306 e. The second kappa shape index (κ2) is 6.60. The molecule has 1 aliphatic rings. The summed E-state index contributed by atoms with van der Waals surface area (Å²) in [4.78, 5) is 13.2. The molecule has 0 aromatic carbocycles. The fourth-order valence-electron chi connectivity index (χ4n) is 2.28. The molecule has 1 saturated heterocycles. The van der Waals surface area contributed by atoms with Gasteiger partial charge in [-0.2, -0.15) is 0 Å². The molecular formula is C12H21N5O2. The van der Waals surface area contributed by atoms with Crippen LogP contribution in [0.4, 0.5) is 0 Å². The maximum absolute atomic E-state index is 10.8. The lowest BCUT2D eigenvalue weighted by atomic mass is 10.1. The molecule has 0 aliphatic carbocycles. The van der Waals surface area contributed by atoms with Crippen LogP contribution in [0.2, 0.25) is 0 Å². The second-order valence-electron chi connectivity index (χ2n) is 5.14. The number of likely N-dealkylation sites (tertiary alicyclic amines) is 1. The van der Waals surface area contributed by atoms with Crippen molar-refractivity contribution in [2.45, 2.75) is 39.2 Å². The summed E-state index contributed by atoms with van der Waals surface area (Å²) in [6.07, 6.45) is 3.94. The van der Waals surface area contributed by atoms with Crippen molar-refractivity contribution in [1.29, 1.82) is 0 Å². The smallest absolute Gasteiger partial charge is 0.306 e. The minimum atomic E-state index is -0.772. The van der Waals surface area contributed by atoms with E-state index in [1.807, 2.05) is 0 Å². The first kappa shape index (κ1) is 13.9. The van der Waals surface area contributed by atoms with Crippen molar-refractivity contribution in [3.8, 4) is 0 Å². The monoisotopic (exact) mass is 267 g/mol. The van der Waals surface area contributed by atoms with Gasteiger partial charge in [0.15, 0.2) is 5.82 Å². The average molecular weight is 267 g/mol. The minimum absolute atomic E-state index is 0.365. The van der Waals surface area contributed by atoms with E-state index < -0.39 is 5.97 Å². The molecule has 2 rings (SSSR count). The number of carbonyl (C=O) groups is 1. The highest BCUT2D eigenvalue weighted by Gasteiger charge is 2.15. The van der Waals surface area contributed by atoms with Crippen LogP contribution in [0.5, 0.6) is 0 Å². The molecule has 0 amide bonds. The number of aliphatic carboxylic acids is 1. The van der Waals surface area contributed by atoms with E-state index in [-0.39, 0.29) is 5.92 Å². The van der Waals surface area contributed by atoms with Crippen LogP contribution in [0.3, 0.4) is 0 Å². The summed E-state index contributed by atoms with van der Waals surface area (Å²) in [5, 5.41) is 20.5. The van der Waals surface area contributed by atoms with E-state index >= 15 is 0 Å². The number of hydrogen-bond acceptors (Lipinski definition) is 5. The number of rotatable bonds is 7. The fourth-order valence-corrected chi connectivity index (χ4v) is 2.28. The van der Waals surface area contributed by atoms with Gasteiger partial charge < -0.3 is 10.0 Å². The summed E-state index contributed by atoms with van der Waals surface area (Å²) >= 11 is 0. The van der Waals surface area contributed by atoms with Crippen LogP contribution in [0.1, 0.15) is 32.0 Å². The van der Waals surface area contributed by atoms with E-state index in [2.05, 4.69) is 20.4 Å². The van der Waals surface area contributed by atoms with Gasteiger partial charge in [0.05, 0.1) is 5.92 Å². The predicted molar refractivity (Wildman–Crippen MR) is 68.6 cm³/mol. The van der Waals surface area contributed by atoms with Crippen LogP contribution in [-0.2, 0) is 17.8 Å². The third kappa shape index (κ3) is 3.99. The van der Waals surface area contributed by atoms with Crippen molar-refractivity contribution in [3.05, 3.63) is 5.82 Å². The molecular weight excluding hydrogens is 246 g/mol. The Bertz CT molecular complexity index is 414. The Labute approximate surface area is 112 Å². The van der Waals surface area contributed by atoms with Gasteiger partial charge in [-0.05, 0) is 42.8 Å². The first-order chi connectivity index (χ1) is 9.16. The highest BCUT2D eigenvalue weighted by Crippen LogP contribution is 2.09. The van der Waals surface area contributed by atoms with E-state index in [1.54, 1.807) is 11.6 Å². The molecule has 7 nitrogen and oxygen atoms in total. The van der Waals surface area contributed by atoms with Gasteiger partial charge in [-0.25, -0.2) is 4.68 Å². The first-order valence-corrected chi connectivity index (χ1v) is 6.87. The normalized spacial score (nSPS) is 17.7. The van der Waals surface area contributed by atoms with E-state index in [0.29, 0.717) is 13.0 Å². The molecule has 0 radical (unpaired) electrons. The first-order valence-electron chi connectivity index (χ1n) is 6.87. The summed E-state index contributed by atoms with van der Waals surface area (Å²) in [6, 6.07) is 0. The van der Waals surface area contributed by atoms with Crippen LogP contribution >= 0.6 is 0 Å². The van der Waals surface area contributed by atoms with Crippen molar-refractivity contribution in [2.24, 2.45) is 5.92 Å². The zero-order chi connectivity index (χ0) is 13.7. The number of carboxylic acid groups (broad SMARTS) is 1. The van der Waals surface area contributed by atoms with Crippen LogP contribution in [0.15, 0.2) is 0 Å². The average Bonchev–Trinajstić information content (AvgIpc) is 3.04. The lowest BCUT2D eigenvalue weighted by Gasteiger charge is -2.13. The summed E-state index contributed by atoms with van der Waals surface area (Å²) in [7, 11) is 0. The molecule has 1 aromatic rings. The molecule has 106 valence electrons.